The molecule has 2 N–H and O–H groups in total. The highest BCUT2D eigenvalue weighted by Gasteiger charge is 2.23. The number of anilines is 1. The van der Waals surface area contributed by atoms with Crippen LogP contribution in [0.15, 0.2) is 12.1 Å². The monoisotopic (exact) mass is 304 g/mol. The number of carbonyl (C=O) groups is 1. The molecule has 0 fully saturated rings. The summed E-state index contributed by atoms with van der Waals surface area (Å²) in [4.78, 5) is 20.9. The molecule has 8 heteroatoms. The Kier molecular flexibility index (Phi) is 5.26. The molecule has 20 heavy (non-hydrogen) atoms. The van der Waals surface area contributed by atoms with Gasteiger partial charge in [-0.1, -0.05) is 25.4 Å². The minimum atomic E-state index is -1.04. The maximum Gasteiger partial charge on any atom is 0.305 e. The number of nitro benzene ring substituents is 1. The Morgan fingerprint density at radius 3 is 2.60 bits per heavy atom. The van der Waals surface area contributed by atoms with Gasteiger partial charge in [-0.05, 0) is 12.0 Å². The van der Waals surface area contributed by atoms with Crippen LogP contribution in [0.4, 0.5) is 15.8 Å². The number of benzene rings is 1. The molecule has 0 aromatic heterocycles. The zero-order valence-corrected chi connectivity index (χ0v) is 11.6. The summed E-state index contributed by atoms with van der Waals surface area (Å²) >= 11 is 5.61. The Morgan fingerprint density at radius 1 is 1.55 bits per heavy atom. The van der Waals surface area contributed by atoms with E-state index in [-0.39, 0.29) is 23.0 Å². The van der Waals surface area contributed by atoms with E-state index in [1.807, 2.05) is 0 Å². The van der Waals surface area contributed by atoms with E-state index >= 15 is 0 Å². The van der Waals surface area contributed by atoms with Crippen LogP contribution in [0.3, 0.4) is 0 Å². The van der Waals surface area contributed by atoms with E-state index in [1.165, 1.54) is 0 Å². The van der Waals surface area contributed by atoms with Gasteiger partial charge >= 0.3 is 5.97 Å². The fraction of sp³-hybridized carbons (Fsp3) is 0.417. The lowest BCUT2D eigenvalue weighted by Gasteiger charge is -2.21. The van der Waals surface area contributed by atoms with E-state index in [0.717, 1.165) is 6.07 Å². The zero-order chi connectivity index (χ0) is 15.4. The van der Waals surface area contributed by atoms with Crippen LogP contribution in [0.5, 0.6) is 0 Å². The predicted octanol–water partition coefficient (Wildman–Crippen LogP) is 3.30. The van der Waals surface area contributed by atoms with E-state index in [2.05, 4.69) is 5.32 Å². The lowest BCUT2D eigenvalue weighted by Crippen LogP contribution is -2.28. The van der Waals surface area contributed by atoms with Gasteiger partial charge in [-0.15, -0.1) is 0 Å². The van der Waals surface area contributed by atoms with Crippen molar-refractivity contribution < 1.29 is 19.2 Å². The number of nitrogens with zero attached hydrogens (tertiary/aromatic N) is 1. The van der Waals surface area contributed by atoms with Crippen molar-refractivity contribution in [2.24, 2.45) is 5.92 Å². The van der Waals surface area contributed by atoms with Crippen LogP contribution in [-0.2, 0) is 4.79 Å². The van der Waals surface area contributed by atoms with Gasteiger partial charge in [0.05, 0.1) is 22.4 Å². The predicted molar refractivity (Wildman–Crippen MR) is 72.6 cm³/mol. The first-order valence-electron chi connectivity index (χ1n) is 5.84. The number of carboxylic acids is 1. The molecule has 0 saturated heterocycles. The van der Waals surface area contributed by atoms with Crippen molar-refractivity contribution in [1.29, 1.82) is 0 Å². The first kappa shape index (κ1) is 16.2. The van der Waals surface area contributed by atoms with E-state index in [1.54, 1.807) is 13.8 Å². The van der Waals surface area contributed by atoms with E-state index < -0.39 is 28.4 Å². The average Bonchev–Trinajstić information content (AvgIpc) is 2.31. The van der Waals surface area contributed by atoms with Crippen LogP contribution >= 0.6 is 11.6 Å². The molecule has 0 spiro atoms. The summed E-state index contributed by atoms with van der Waals surface area (Å²) in [5.41, 5.74) is -0.482. The van der Waals surface area contributed by atoms with Crippen molar-refractivity contribution in [3.8, 4) is 0 Å². The van der Waals surface area contributed by atoms with Crippen LogP contribution < -0.4 is 5.32 Å². The van der Waals surface area contributed by atoms with E-state index in [4.69, 9.17) is 16.7 Å². The second-order valence-electron chi connectivity index (χ2n) is 4.63. The molecule has 1 aromatic rings. The van der Waals surface area contributed by atoms with Gasteiger partial charge in [0.25, 0.3) is 5.69 Å². The highest BCUT2D eigenvalue weighted by atomic mass is 35.5. The molecule has 0 heterocycles. The molecule has 0 amide bonds. The normalized spacial score (nSPS) is 12.2. The first-order chi connectivity index (χ1) is 9.22. The molecule has 6 nitrogen and oxygen atoms in total. The maximum atomic E-state index is 13.3. The van der Waals surface area contributed by atoms with Gasteiger partial charge in [-0.2, -0.15) is 0 Å². The molecule has 0 aliphatic heterocycles. The Labute approximate surface area is 119 Å². The third-order valence-electron chi connectivity index (χ3n) is 2.78. The molecule has 110 valence electrons. The van der Waals surface area contributed by atoms with Gasteiger partial charge in [-0.3, -0.25) is 14.9 Å². The lowest BCUT2D eigenvalue weighted by atomic mass is 10.0. The Morgan fingerprint density at radius 2 is 2.15 bits per heavy atom. The van der Waals surface area contributed by atoms with Crippen molar-refractivity contribution in [2.75, 3.05) is 5.32 Å². The molecule has 0 bridgehead atoms. The highest BCUT2D eigenvalue weighted by Crippen LogP contribution is 2.31. The fourth-order valence-corrected chi connectivity index (χ4v) is 1.81. The third kappa shape index (κ3) is 4.06. The molecule has 0 saturated carbocycles. The summed E-state index contributed by atoms with van der Waals surface area (Å²) in [5, 5.41) is 22.2. The van der Waals surface area contributed by atoms with Crippen molar-refractivity contribution in [3.63, 3.8) is 0 Å². The molecule has 1 rings (SSSR count). The van der Waals surface area contributed by atoms with Crippen LogP contribution in [0.25, 0.3) is 0 Å². The molecular formula is C12H14ClFN2O4. The number of nitro groups is 1. The molecule has 1 aromatic carbocycles. The van der Waals surface area contributed by atoms with E-state index in [9.17, 15) is 19.3 Å². The summed E-state index contributed by atoms with van der Waals surface area (Å²) in [7, 11) is 0. The number of rotatable bonds is 6. The van der Waals surface area contributed by atoms with Gasteiger partial charge in [0.2, 0.25) is 0 Å². The molecule has 0 aliphatic carbocycles. The van der Waals surface area contributed by atoms with Crippen LogP contribution in [0.1, 0.15) is 20.3 Å². The SMILES string of the molecule is CC(C)C(CC(=O)O)Nc1cc(Cl)c(F)cc1[N+](=O)[O-]. The topological polar surface area (TPSA) is 92.5 Å². The van der Waals surface area contributed by atoms with Gasteiger partial charge in [0, 0.05) is 6.04 Å². The number of hydrogen-bond donors (Lipinski definition) is 2. The van der Waals surface area contributed by atoms with Crippen molar-refractivity contribution in [3.05, 3.63) is 33.1 Å². The Balaban J connectivity index is 3.14. The maximum absolute atomic E-state index is 13.3. The van der Waals surface area contributed by atoms with Crippen molar-refractivity contribution in [1.82, 2.24) is 0 Å². The number of hydrogen-bond acceptors (Lipinski definition) is 4. The van der Waals surface area contributed by atoms with Crippen molar-refractivity contribution in [2.45, 2.75) is 26.3 Å². The molecule has 0 aliphatic rings. The summed E-state index contributed by atoms with van der Waals surface area (Å²) < 4.78 is 13.3. The standard InChI is InChI=1S/C12H14ClFN2O4/c1-6(2)9(5-12(17)18)15-10-3-7(13)8(14)4-11(10)16(19)20/h3-4,6,9,15H,5H2,1-2H3,(H,17,18). The summed E-state index contributed by atoms with van der Waals surface area (Å²) in [6.07, 6.45) is -0.218. The molecule has 0 radical (unpaired) electrons. The Hall–Kier alpha value is -1.89. The number of aliphatic carboxylic acids is 1. The molecule has 1 atom stereocenters. The first-order valence-corrected chi connectivity index (χ1v) is 6.22. The second-order valence-corrected chi connectivity index (χ2v) is 5.04. The summed E-state index contributed by atoms with van der Waals surface area (Å²) in [5.74, 6) is -2.02. The third-order valence-corrected chi connectivity index (χ3v) is 3.07. The largest absolute Gasteiger partial charge is 0.481 e. The Bertz CT molecular complexity index is 536. The van der Waals surface area contributed by atoms with Gasteiger partial charge in [0.15, 0.2) is 0 Å². The number of nitrogens with one attached hydrogen (secondary N) is 1. The quantitative estimate of drug-likeness (QED) is 0.621. The van der Waals surface area contributed by atoms with Crippen LogP contribution in [0, 0.1) is 21.8 Å². The summed E-state index contributed by atoms with van der Waals surface area (Å²) in [6, 6.07) is 1.27. The zero-order valence-electron chi connectivity index (χ0n) is 10.9. The number of carboxylic acid groups (broad SMARTS) is 1. The van der Waals surface area contributed by atoms with Gasteiger partial charge in [0.1, 0.15) is 11.5 Å². The second kappa shape index (κ2) is 6.51. The van der Waals surface area contributed by atoms with E-state index in [0.29, 0.717) is 6.07 Å². The van der Waals surface area contributed by atoms with Gasteiger partial charge < -0.3 is 10.4 Å². The fourth-order valence-electron chi connectivity index (χ4n) is 1.64. The van der Waals surface area contributed by atoms with Crippen LogP contribution in [0.2, 0.25) is 5.02 Å². The lowest BCUT2D eigenvalue weighted by molar-refractivity contribution is -0.384. The minimum absolute atomic E-state index is 0.00125. The van der Waals surface area contributed by atoms with Crippen LogP contribution in [-0.4, -0.2) is 22.0 Å². The average molecular weight is 305 g/mol. The molecular weight excluding hydrogens is 291 g/mol. The molecule has 1 unspecified atom stereocenters. The summed E-state index contributed by atoms with van der Waals surface area (Å²) in [6.45, 7) is 3.55. The minimum Gasteiger partial charge on any atom is -0.481 e. The number of halogens is 2. The van der Waals surface area contributed by atoms with Crippen molar-refractivity contribution >= 4 is 28.9 Å². The smallest absolute Gasteiger partial charge is 0.305 e. The highest BCUT2D eigenvalue weighted by molar-refractivity contribution is 6.31. The van der Waals surface area contributed by atoms with Gasteiger partial charge in [-0.25, -0.2) is 4.39 Å².